The van der Waals surface area contributed by atoms with Crippen LogP contribution in [0.4, 0.5) is 0 Å². The Labute approximate surface area is 211 Å². The molecule has 4 atom stereocenters. The molecule has 0 saturated carbocycles. The Balaban J connectivity index is 1.30. The molecule has 1 saturated heterocycles. The number of phenolic OH excluding ortho intramolecular Hbond substituents is 2. The Hall–Kier alpha value is -2.83. The zero-order valence-electron chi connectivity index (χ0n) is 20.3. The Bertz CT molecular complexity index is 1150. The Morgan fingerprint density at radius 2 is 1.80 bits per heavy atom. The molecule has 2 aliphatic heterocycles. The summed E-state index contributed by atoms with van der Waals surface area (Å²) in [6, 6.07) is 21.3. The van der Waals surface area contributed by atoms with E-state index in [0.717, 1.165) is 46.5 Å². The average Bonchev–Trinajstić information content (AvgIpc) is 3.23. The summed E-state index contributed by atoms with van der Waals surface area (Å²) in [5, 5.41) is 20.0. The van der Waals surface area contributed by atoms with E-state index in [4.69, 9.17) is 9.47 Å². The lowest BCUT2D eigenvalue weighted by Crippen LogP contribution is -2.33. The first kappa shape index (κ1) is 23.9. The summed E-state index contributed by atoms with van der Waals surface area (Å²) in [6.45, 7) is 7.41. The van der Waals surface area contributed by atoms with Gasteiger partial charge in [-0.1, -0.05) is 37.6 Å². The van der Waals surface area contributed by atoms with Gasteiger partial charge in [0.05, 0.1) is 10.1 Å². The van der Waals surface area contributed by atoms with Crippen molar-refractivity contribution in [1.82, 2.24) is 4.90 Å². The second-order valence-electron chi connectivity index (χ2n) is 9.45. The van der Waals surface area contributed by atoms with Gasteiger partial charge in [0.15, 0.2) is 0 Å². The summed E-state index contributed by atoms with van der Waals surface area (Å²) in [7, 11) is 0. The molecule has 0 aromatic heterocycles. The average molecular weight is 492 g/mol. The van der Waals surface area contributed by atoms with Gasteiger partial charge in [0, 0.05) is 12.6 Å². The number of hydrogen-bond donors (Lipinski definition) is 2. The van der Waals surface area contributed by atoms with Crippen LogP contribution in [-0.4, -0.2) is 40.9 Å². The Kier molecular flexibility index (Phi) is 7.12. The minimum absolute atomic E-state index is 0.0775. The molecule has 184 valence electrons. The van der Waals surface area contributed by atoms with E-state index in [-0.39, 0.29) is 22.9 Å². The zero-order chi connectivity index (χ0) is 24.4. The molecule has 0 radical (unpaired) electrons. The van der Waals surface area contributed by atoms with Gasteiger partial charge in [-0.2, -0.15) is 0 Å². The van der Waals surface area contributed by atoms with Gasteiger partial charge in [0.2, 0.25) is 0 Å². The quantitative estimate of drug-likeness (QED) is 0.390. The van der Waals surface area contributed by atoms with E-state index in [0.29, 0.717) is 12.6 Å². The molecule has 35 heavy (non-hydrogen) atoms. The largest absolute Gasteiger partial charge is 0.508 e. The first-order valence-electron chi connectivity index (χ1n) is 12.4. The molecular formula is C29H33NO4S. The van der Waals surface area contributed by atoms with Gasteiger partial charge in [0.1, 0.15) is 35.7 Å². The highest BCUT2D eigenvalue weighted by molar-refractivity contribution is 7.99. The highest BCUT2D eigenvalue weighted by atomic mass is 32.2. The zero-order valence-corrected chi connectivity index (χ0v) is 21.1. The number of hydrogen-bond acceptors (Lipinski definition) is 6. The number of fused-ring (bicyclic) bond motifs is 1. The van der Waals surface area contributed by atoms with Crippen molar-refractivity contribution in [2.45, 2.75) is 49.0 Å². The van der Waals surface area contributed by atoms with E-state index in [1.165, 1.54) is 12.8 Å². The Morgan fingerprint density at radius 1 is 1.00 bits per heavy atom. The number of phenols is 2. The van der Waals surface area contributed by atoms with E-state index in [9.17, 15) is 10.2 Å². The van der Waals surface area contributed by atoms with Crippen LogP contribution >= 0.6 is 11.8 Å². The molecule has 0 unspecified atom stereocenters. The lowest BCUT2D eigenvalue weighted by molar-refractivity contribution is 0.187. The van der Waals surface area contributed by atoms with Crippen LogP contribution in [0.2, 0.25) is 0 Å². The molecule has 0 aliphatic carbocycles. The van der Waals surface area contributed by atoms with Gasteiger partial charge >= 0.3 is 0 Å². The third kappa shape index (κ3) is 5.24. The molecular weight excluding hydrogens is 458 g/mol. The van der Waals surface area contributed by atoms with Gasteiger partial charge in [-0.3, -0.25) is 4.90 Å². The van der Waals surface area contributed by atoms with E-state index < -0.39 is 0 Å². The third-order valence-corrected chi connectivity index (χ3v) is 8.68. The number of nitrogens with zero attached hydrogens (tertiary/aromatic N) is 1. The van der Waals surface area contributed by atoms with Crippen LogP contribution in [0.25, 0.3) is 0 Å². The van der Waals surface area contributed by atoms with Crippen LogP contribution < -0.4 is 9.47 Å². The predicted molar refractivity (Wildman–Crippen MR) is 140 cm³/mol. The van der Waals surface area contributed by atoms with Crippen LogP contribution in [0.15, 0.2) is 71.6 Å². The molecule has 0 spiro atoms. The SMILES string of the molecule is CC[C@@H]1CCN(CCOc2ccc([C@@H]3Oc4ccc(O)cc4S[C@@H]3c3cccc(O)c3)cc2)[C@@H]1C. The normalized spacial score (nSPS) is 24.1. The standard InChI is InChI=1S/C29H33NO4S/c1-3-20-13-14-30(19(20)2)15-16-33-25-10-7-21(8-11-25)28-29(22-5-4-6-23(31)17-22)35-27-18-24(32)9-12-26(27)34-28/h4-12,17-20,28-29,31-32H,3,13-16H2,1-2H3/t19-,20-,28+,29-/m1/s1. The minimum atomic E-state index is -0.246. The molecule has 5 nitrogen and oxygen atoms in total. The van der Waals surface area contributed by atoms with Gasteiger partial charge in [-0.15, -0.1) is 11.8 Å². The van der Waals surface area contributed by atoms with Gasteiger partial charge in [0.25, 0.3) is 0 Å². The van der Waals surface area contributed by atoms with Crippen LogP contribution in [0.5, 0.6) is 23.0 Å². The minimum Gasteiger partial charge on any atom is -0.508 e. The maximum Gasteiger partial charge on any atom is 0.140 e. The first-order chi connectivity index (χ1) is 17.0. The van der Waals surface area contributed by atoms with Crippen molar-refractivity contribution in [3.05, 3.63) is 77.9 Å². The number of benzene rings is 3. The fourth-order valence-electron chi connectivity index (χ4n) is 5.24. The number of thioether (sulfide) groups is 1. The summed E-state index contributed by atoms with van der Waals surface area (Å²) in [5.74, 6) is 2.85. The van der Waals surface area contributed by atoms with Crippen molar-refractivity contribution >= 4 is 11.8 Å². The molecule has 2 heterocycles. The van der Waals surface area contributed by atoms with Crippen LogP contribution in [0.3, 0.4) is 0 Å². The number of ether oxygens (including phenoxy) is 2. The topological polar surface area (TPSA) is 62.2 Å². The summed E-state index contributed by atoms with van der Waals surface area (Å²) < 4.78 is 12.5. The van der Waals surface area contributed by atoms with Gasteiger partial charge in [-0.05, 0) is 79.4 Å². The van der Waals surface area contributed by atoms with Gasteiger partial charge in [-0.25, -0.2) is 0 Å². The molecule has 2 N–H and O–H groups in total. The summed E-state index contributed by atoms with van der Waals surface area (Å²) in [6.07, 6.45) is 2.29. The summed E-state index contributed by atoms with van der Waals surface area (Å²) in [5.41, 5.74) is 2.01. The molecule has 5 rings (SSSR count). The van der Waals surface area contributed by atoms with E-state index >= 15 is 0 Å². The highest BCUT2D eigenvalue weighted by Crippen LogP contribution is 2.54. The maximum absolute atomic E-state index is 10.1. The third-order valence-electron chi connectivity index (χ3n) is 7.33. The molecule has 6 heteroatoms. The number of likely N-dealkylation sites (tertiary alicyclic amines) is 1. The highest BCUT2D eigenvalue weighted by Gasteiger charge is 2.34. The van der Waals surface area contributed by atoms with Crippen LogP contribution in [-0.2, 0) is 0 Å². The lowest BCUT2D eigenvalue weighted by atomic mass is 9.99. The molecule has 0 bridgehead atoms. The van der Waals surface area contributed by atoms with Crippen molar-refractivity contribution in [3.8, 4) is 23.0 Å². The fraction of sp³-hybridized carbons (Fsp3) is 0.379. The van der Waals surface area contributed by atoms with Crippen molar-refractivity contribution in [2.24, 2.45) is 5.92 Å². The van der Waals surface area contributed by atoms with E-state index in [2.05, 4.69) is 30.9 Å². The molecule has 2 aliphatic rings. The van der Waals surface area contributed by atoms with Gasteiger partial charge < -0.3 is 19.7 Å². The van der Waals surface area contributed by atoms with Crippen molar-refractivity contribution in [1.29, 1.82) is 0 Å². The number of aromatic hydroxyl groups is 2. The Morgan fingerprint density at radius 3 is 2.54 bits per heavy atom. The summed E-state index contributed by atoms with van der Waals surface area (Å²) in [4.78, 5) is 3.42. The first-order valence-corrected chi connectivity index (χ1v) is 13.3. The molecule has 0 amide bonds. The molecule has 1 fully saturated rings. The van der Waals surface area contributed by atoms with E-state index in [1.807, 2.05) is 30.3 Å². The smallest absolute Gasteiger partial charge is 0.140 e. The summed E-state index contributed by atoms with van der Waals surface area (Å²) >= 11 is 1.64. The van der Waals surface area contributed by atoms with Crippen molar-refractivity contribution in [3.63, 3.8) is 0 Å². The van der Waals surface area contributed by atoms with Crippen molar-refractivity contribution in [2.75, 3.05) is 19.7 Å². The molecule has 3 aromatic rings. The monoisotopic (exact) mass is 491 g/mol. The van der Waals surface area contributed by atoms with Crippen LogP contribution in [0.1, 0.15) is 49.2 Å². The van der Waals surface area contributed by atoms with Crippen LogP contribution in [0, 0.1) is 5.92 Å². The maximum atomic E-state index is 10.1. The van der Waals surface area contributed by atoms with E-state index in [1.54, 1.807) is 36.0 Å². The predicted octanol–water partition coefficient (Wildman–Crippen LogP) is 6.56. The lowest BCUT2D eigenvalue weighted by Gasteiger charge is -2.34. The second kappa shape index (κ2) is 10.4. The second-order valence-corrected chi connectivity index (χ2v) is 10.6. The van der Waals surface area contributed by atoms with Crippen molar-refractivity contribution < 1.29 is 19.7 Å². The molecule has 3 aromatic carbocycles. The fourth-order valence-corrected chi connectivity index (χ4v) is 6.55. The number of rotatable bonds is 7.